The van der Waals surface area contributed by atoms with Gasteiger partial charge in [0.2, 0.25) is 0 Å². The topological polar surface area (TPSA) is 49.3 Å². The normalized spacial score (nSPS) is 23.0. The Hall–Kier alpha value is -0.870. The predicted octanol–water partition coefficient (Wildman–Crippen LogP) is 3.73. The van der Waals surface area contributed by atoms with Crippen LogP contribution < -0.4 is 5.32 Å². The van der Waals surface area contributed by atoms with E-state index in [2.05, 4.69) is 11.6 Å². The summed E-state index contributed by atoms with van der Waals surface area (Å²) in [4.78, 5) is 11.2. The second kappa shape index (κ2) is 5.85. The molecule has 0 radical (unpaired) electrons. The molecule has 1 aromatic rings. The quantitative estimate of drug-likeness (QED) is 0.885. The number of hydrogen-bond acceptors (Lipinski definition) is 3. The van der Waals surface area contributed by atoms with Gasteiger partial charge in [-0.15, -0.1) is 0 Å². The van der Waals surface area contributed by atoms with Gasteiger partial charge in [-0.1, -0.05) is 24.1 Å². The molecule has 0 bridgehead atoms. The number of nitrogens with one attached hydrogen (secondary N) is 1. The standard InChI is InChI=1S/C13H16ClNO2S/c1-18-11-7-3-5-9(11)15-10-6-2-4-8(14)12(10)13(16)17/h2,4,6,9,11,15H,3,5,7H2,1H3,(H,16,17). The number of thioether (sulfide) groups is 1. The molecule has 0 aromatic heterocycles. The van der Waals surface area contributed by atoms with Gasteiger partial charge < -0.3 is 10.4 Å². The van der Waals surface area contributed by atoms with Gasteiger partial charge in [0.25, 0.3) is 0 Å². The highest BCUT2D eigenvalue weighted by Gasteiger charge is 2.27. The van der Waals surface area contributed by atoms with Crippen molar-refractivity contribution in [2.75, 3.05) is 11.6 Å². The van der Waals surface area contributed by atoms with Crippen molar-refractivity contribution < 1.29 is 9.90 Å². The Bertz CT molecular complexity index is 453. The van der Waals surface area contributed by atoms with E-state index in [0.29, 0.717) is 17.0 Å². The first-order valence-corrected chi connectivity index (χ1v) is 7.61. The van der Waals surface area contributed by atoms with Crippen LogP contribution in [0.2, 0.25) is 5.02 Å². The summed E-state index contributed by atoms with van der Waals surface area (Å²) in [6, 6.07) is 5.50. The third-order valence-corrected chi connectivity index (χ3v) is 4.81. The lowest BCUT2D eigenvalue weighted by molar-refractivity contribution is 0.0698. The van der Waals surface area contributed by atoms with Crippen LogP contribution in [0.4, 0.5) is 5.69 Å². The average Bonchev–Trinajstić information content (AvgIpc) is 2.76. The van der Waals surface area contributed by atoms with Gasteiger partial charge in [-0.2, -0.15) is 11.8 Å². The lowest BCUT2D eigenvalue weighted by Gasteiger charge is -2.21. The molecule has 1 saturated carbocycles. The molecule has 3 nitrogen and oxygen atoms in total. The van der Waals surface area contributed by atoms with Gasteiger partial charge in [0, 0.05) is 11.3 Å². The predicted molar refractivity (Wildman–Crippen MR) is 77.0 cm³/mol. The molecule has 0 heterocycles. The SMILES string of the molecule is CSC1CCCC1Nc1cccc(Cl)c1C(=O)O. The Balaban J connectivity index is 2.23. The summed E-state index contributed by atoms with van der Waals surface area (Å²) in [6.45, 7) is 0. The van der Waals surface area contributed by atoms with E-state index in [0.717, 1.165) is 6.42 Å². The Morgan fingerprint density at radius 2 is 2.28 bits per heavy atom. The zero-order chi connectivity index (χ0) is 13.1. The molecular formula is C13H16ClNO2S. The van der Waals surface area contributed by atoms with E-state index in [1.54, 1.807) is 18.2 Å². The van der Waals surface area contributed by atoms with Crippen LogP contribution in [0.3, 0.4) is 0 Å². The molecule has 0 amide bonds. The number of benzene rings is 1. The number of hydrogen-bond donors (Lipinski definition) is 2. The first kappa shape index (κ1) is 13.6. The minimum absolute atomic E-state index is 0.172. The number of aromatic carboxylic acids is 1. The first-order valence-electron chi connectivity index (χ1n) is 5.94. The number of anilines is 1. The van der Waals surface area contributed by atoms with E-state index in [1.807, 2.05) is 11.8 Å². The molecular weight excluding hydrogens is 270 g/mol. The number of carboxylic acids is 1. The molecule has 0 saturated heterocycles. The molecule has 98 valence electrons. The van der Waals surface area contributed by atoms with Gasteiger partial charge in [-0.3, -0.25) is 0 Å². The minimum atomic E-state index is -0.984. The van der Waals surface area contributed by atoms with Gasteiger partial charge >= 0.3 is 5.97 Å². The van der Waals surface area contributed by atoms with Crippen molar-refractivity contribution >= 4 is 35.0 Å². The molecule has 0 spiro atoms. The second-order valence-corrected chi connectivity index (χ2v) is 5.91. The van der Waals surface area contributed by atoms with Gasteiger partial charge in [-0.25, -0.2) is 4.79 Å². The smallest absolute Gasteiger partial charge is 0.339 e. The van der Waals surface area contributed by atoms with Crippen LogP contribution in [-0.2, 0) is 0 Å². The number of rotatable bonds is 4. The summed E-state index contributed by atoms with van der Waals surface area (Å²) in [5, 5.41) is 13.4. The van der Waals surface area contributed by atoms with E-state index in [1.165, 1.54) is 12.8 Å². The molecule has 18 heavy (non-hydrogen) atoms. The number of halogens is 1. The monoisotopic (exact) mass is 285 g/mol. The molecule has 2 rings (SSSR count). The molecule has 1 aliphatic rings. The third kappa shape index (κ3) is 2.75. The van der Waals surface area contributed by atoms with Crippen LogP contribution in [0.25, 0.3) is 0 Å². The van der Waals surface area contributed by atoms with Gasteiger partial charge in [0.05, 0.1) is 10.7 Å². The van der Waals surface area contributed by atoms with E-state index in [-0.39, 0.29) is 10.6 Å². The van der Waals surface area contributed by atoms with Crippen LogP contribution >= 0.6 is 23.4 Å². The van der Waals surface area contributed by atoms with E-state index in [4.69, 9.17) is 11.6 Å². The minimum Gasteiger partial charge on any atom is -0.478 e. The summed E-state index contributed by atoms with van der Waals surface area (Å²) >= 11 is 7.79. The summed E-state index contributed by atoms with van der Waals surface area (Å²) in [6.07, 6.45) is 5.55. The first-order chi connectivity index (χ1) is 8.63. The van der Waals surface area contributed by atoms with Crippen molar-refractivity contribution in [2.24, 2.45) is 0 Å². The number of carbonyl (C=O) groups is 1. The van der Waals surface area contributed by atoms with Crippen molar-refractivity contribution in [3.63, 3.8) is 0 Å². The van der Waals surface area contributed by atoms with Crippen molar-refractivity contribution in [3.05, 3.63) is 28.8 Å². The molecule has 1 fully saturated rings. The highest BCUT2D eigenvalue weighted by molar-refractivity contribution is 7.99. The zero-order valence-electron chi connectivity index (χ0n) is 10.1. The fraction of sp³-hybridized carbons (Fsp3) is 0.462. The largest absolute Gasteiger partial charge is 0.478 e. The van der Waals surface area contributed by atoms with Gasteiger partial charge in [0.15, 0.2) is 0 Å². The Labute approximate surface area is 116 Å². The van der Waals surface area contributed by atoms with Crippen LogP contribution in [0.15, 0.2) is 18.2 Å². The van der Waals surface area contributed by atoms with Crippen molar-refractivity contribution in [1.29, 1.82) is 0 Å². The van der Waals surface area contributed by atoms with Crippen LogP contribution in [-0.4, -0.2) is 28.6 Å². The van der Waals surface area contributed by atoms with E-state index < -0.39 is 5.97 Å². The molecule has 2 N–H and O–H groups in total. The maximum Gasteiger partial charge on any atom is 0.339 e. The van der Waals surface area contributed by atoms with E-state index in [9.17, 15) is 9.90 Å². The van der Waals surface area contributed by atoms with Crippen molar-refractivity contribution in [1.82, 2.24) is 0 Å². The van der Waals surface area contributed by atoms with Crippen LogP contribution in [0, 0.1) is 0 Å². The highest BCUT2D eigenvalue weighted by Crippen LogP contribution is 2.33. The lowest BCUT2D eigenvalue weighted by Crippen LogP contribution is -2.26. The van der Waals surface area contributed by atoms with E-state index >= 15 is 0 Å². The Morgan fingerprint density at radius 1 is 1.50 bits per heavy atom. The molecule has 1 aromatic carbocycles. The molecule has 1 aliphatic carbocycles. The molecule has 0 aliphatic heterocycles. The Kier molecular flexibility index (Phi) is 4.40. The van der Waals surface area contributed by atoms with Gasteiger partial charge in [-0.05, 0) is 31.2 Å². The van der Waals surface area contributed by atoms with Crippen LogP contribution in [0.5, 0.6) is 0 Å². The summed E-state index contributed by atoms with van der Waals surface area (Å²) in [7, 11) is 0. The summed E-state index contributed by atoms with van der Waals surface area (Å²) in [5.74, 6) is -0.984. The lowest BCUT2D eigenvalue weighted by atomic mass is 10.1. The van der Waals surface area contributed by atoms with Gasteiger partial charge in [0.1, 0.15) is 5.56 Å². The zero-order valence-corrected chi connectivity index (χ0v) is 11.7. The summed E-state index contributed by atoms with van der Waals surface area (Å²) in [5.41, 5.74) is 0.798. The highest BCUT2D eigenvalue weighted by atomic mass is 35.5. The maximum atomic E-state index is 11.2. The summed E-state index contributed by atoms with van der Waals surface area (Å²) < 4.78 is 0. The maximum absolute atomic E-state index is 11.2. The van der Waals surface area contributed by atoms with Crippen LogP contribution in [0.1, 0.15) is 29.6 Å². The molecule has 2 atom stereocenters. The molecule has 5 heteroatoms. The molecule has 2 unspecified atom stereocenters. The average molecular weight is 286 g/mol. The Morgan fingerprint density at radius 3 is 2.94 bits per heavy atom. The fourth-order valence-electron chi connectivity index (χ4n) is 2.43. The number of carboxylic acid groups (broad SMARTS) is 1. The van der Waals surface area contributed by atoms with Crippen molar-refractivity contribution in [2.45, 2.75) is 30.6 Å². The third-order valence-electron chi connectivity index (χ3n) is 3.32. The second-order valence-electron chi connectivity index (χ2n) is 4.42. The fourth-order valence-corrected chi connectivity index (χ4v) is 3.63. The van der Waals surface area contributed by atoms with Crippen molar-refractivity contribution in [3.8, 4) is 0 Å².